The summed E-state index contributed by atoms with van der Waals surface area (Å²) >= 11 is 0. The third-order valence-corrected chi connectivity index (χ3v) is 3.62. The quantitative estimate of drug-likeness (QED) is 0.724. The molecule has 3 N–H and O–H groups in total. The van der Waals surface area contributed by atoms with E-state index in [1.807, 2.05) is 12.1 Å². The minimum atomic E-state index is -0.690. The number of hydrogen-bond acceptors (Lipinski definition) is 3. The number of nitrogens with one attached hydrogen (secondary N) is 2. The lowest BCUT2D eigenvalue weighted by Gasteiger charge is -2.14. The maximum absolute atomic E-state index is 11.8. The van der Waals surface area contributed by atoms with Gasteiger partial charge in [0.15, 0.2) is 0 Å². The van der Waals surface area contributed by atoms with Crippen LogP contribution in [0.1, 0.15) is 31.4 Å². The predicted octanol–water partition coefficient (Wildman–Crippen LogP) is 2.33. The van der Waals surface area contributed by atoms with Gasteiger partial charge in [-0.2, -0.15) is 0 Å². The molecular weight excluding hydrogens is 280 g/mol. The van der Waals surface area contributed by atoms with E-state index in [1.165, 1.54) is 17.5 Å². The van der Waals surface area contributed by atoms with Crippen LogP contribution in [0.2, 0.25) is 0 Å². The largest absolute Gasteiger partial charge is 0.389 e. The van der Waals surface area contributed by atoms with Crippen molar-refractivity contribution in [3.63, 3.8) is 0 Å². The Morgan fingerprint density at radius 3 is 2.82 bits per heavy atom. The third kappa shape index (κ3) is 5.31. The standard InChI is InChI=1S/C17H26N2O3/c1-12(2)10-22-11-16(20)9-18-17(21)19-15-7-6-13-4-3-5-14(13)8-15/h6-8,12,16,20H,3-5,9-11H2,1-2H3,(H2,18,19,21). The molecule has 2 rings (SSSR count). The van der Waals surface area contributed by atoms with Gasteiger partial charge in [-0.05, 0) is 48.4 Å². The molecule has 0 saturated carbocycles. The Morgan fingerprint density at radius 2 is 2.05 bits per heavy atom. The van der Waals surface area contributed by atoms with Crippen molar-refractivity contribution in [2.24, 2.45) is 5.92 Å². The van der Waals surface area contributed by atoms with E-state index in [0.29, 0.717) is 12.5 Å². The fraction of sp³-hybridized carbons (Fsp3) is 0.588. The van der Waals surface area contributed by atoms with Gasteiger partial charge >= 0.3 is 6.03 Å². The number of carbonyl (C=O) groups excluding carboxylic acids is 1. The number of ether oxygens (including phenoxy) is 1. The number of fused-ring (bicyclic) bond motifs is 1. The van der Waals surface area contributed by atoms with Gasteiger partial charge in [0, 0.05) is 18.8 Å². The summed E-state index contributed by atoms with van der Waals surface area (Å²) in [5, 5.41) is 15.2. The van der Waals surface area contributed by atoms with Crippen molar-refractivity contribution in [1.29, 1.82) is 0 Å². The van der Waals surface area contributed by atoms with Gasteiger partial charge in [0.2, 0.25) is 0 Å². The van der Waals surface area contributed by atoms with E-state index in [-0.39, 0.29) is 19.2 Å². The molecule has 2 amide bonds. The van der Waals surface area contributed by atoms with Gasteiger partial charge in [0.25, 0.3) is 0 Å². The predicted molar refractivity (Wildman–Crippen MR) is 87.2 cm³/mol. The zero-order valence-corrected chi connectivity index (χ0v) is 13.4. The number of aliphatic hydroxyl groups excluding tert-OH is 1. The Kier molecular flexibility index (Phi) is 6.21. The summed E-state index contributed by atoms with van der Waals surface area (Å²) in [6.07, 6.45) is 2.71. The van der Waals surface area contributed by atoms with Crippen molar-refractivity contribution in [3.05, 3.63) is 29.3 Å². The molecule has 0 saturated heterocycles. The lowest BCUT2D eigenvalue weighted by atomic mass is 10.1. The van der Waals surface area contributed by atoms with Crippen LogP contribution in [0.4, 0.5) is 10.5 Å². The molecule has 1 atom stereocenters. The molecule has 0 radical (unpaired) electrons. The molecule has 0 bridgehead atoms. The van der Waals surface area contributed by atoms with E-state index >= 15 is 0 Å². The first-order chi connectivity index (χ1) is 10.5. The van der Waals surface area contributed by atoms with Crippen LogP contribution >= 0.6 is 0 Å². The Bertz CT molecular complexity index is 503. The molecule has 0 aliphatic heterocycles. The summed E-state index contributed by atoms with van der Waals surface area (Å²) in [5.41, 5.74) is 3.49. The second-order valence-electron chi connectivity index (χ2n) is 6.26. The van der Waals surface area contributed by atoms with Crippen molar-refractivity contribution in [2.75, 3.05) is 25.1 Å². The van der Waals surface area contributed by atoms with Gasteiger partial charge in [0.05, 0.1) is 12.7 Å². The Morgan fingerprint density at radius 1 is 1.27 bits per heavy atom. The van der Waals surface area contributed by atoms with E-state index in [9.17, 15) is 9.90 Å². The zero-order chi connectivity index (χ0) is 15.9. The molecular formula is C17H26N2O3. The summed E-state index contributed by atoms with van der Waals surface area (Å²) in [6, 6.07) is 5.73. The number of aliphatic hydroxyl groups is 1. The lowest BCUT2D eigenvalue weighted by Crippen LogP contribution is -2.37. The lowest BCUT2D eigenvalue weighted by molar-refractivity contribution is 0.0274. The second kappa shape index (κ2) is 8.15. The van der Waals surface area contributed by atoms with E-state index in [4.69, 9.17) is 4.74 Å². The maximum atomic E-state index is 11.8. The Labute approximate surface area is 132 Å². The smallest absolute Gasteiger partial charge is 0.319 e. The number of benzene rings is 1. The fourth-order valence-electron chi connectivity index (χ4n) is 2.53. The van der Waals surface area contributed by atoms with Crippen molar-refractivity contribution >= 4 is 11.7 Å². The number of carbonyl (C=O) groups is 1. The summed E-state index contributed by atoms with van der Waals surface area (Å²) in [6.45, 7) is 5.12. The monoisotopic (exact) mass is 306 g/mol. The van der Waals surface area contributed by atoms with E-state index in [2.05, 4.69) is 30.5 Å². The van der Waals surface area contributed by atoms with E-state index < -0.39 is 6.10 Å². The van der Waals surface area contributed by atoms with Crippen LogP contribution in [0.25, 0.3) is 0 Å². The first-order valence-electron chi connectivity index (χ1n) is 7.97. The van der Waals surface area contributed by atoms with Crippen LogP contribution < -0.4 is 10.6 Å². The number of rotatable bonds is 7. The molecule has 0 heterocycles. The summed E-state index contributed by atoms with van der Waals surface area (Å²) in [4.78, 5) is 11.8. The van der Waals surface area contributed by atoms with Crippen LogP contribution in [-0.4, -0.2) is 37.0 Å². The highest BCUT2D eigenvalue weighted by Crippen LogP contribution is 2.24. The molecule has 0 spiro atoms. The second-order valence-corrected chi connectivity index (χ2v) is 6.26. The van der Waals surface area contributed by atoms with E-state index in [0.717, 1.165) is 18.5 Å². The number of amides is 2. The molecule has 0 fully saturated rings. The number of aryl methyl sites for hydroxylation is 2. The molecule has 1 aromatic rings. The molecule has 122 valence electrons. The molecule has 22 heavy (non-hydrogen) atoms. The first kappa shape index (κ1) is 16.8. The van der Waals surface area contributed by atoms with Crippen molar-refractivity contribution in [2.45, 2.75) is 39.2 Å². The van der Waals surface area contributed by atoms with Crippen LogP contribution in [-0.2, 0) is 17.6 Å². The zero-order valence-electron chi connectivity index (χ0n) is 13.4. The number of hydrogen-bond donors (Lipinski definition) is 3. The van der Waals surface area contributed by atoms with Crippen LogP contribution in [0, 0.1) is 5.92 Å². The summed E-state index contributed by atoms with van der Waals surface area (Å²) in [7, 11) is 0. The van der Waals surface area contributed by atoms with Crippen molar-refractivity contribution < 1.29 is 14.6 Å². The molecule has 1 aromatic carbocycles. The first-order valence-corrected chi connectivity index (χ1v) is 7.97. The highest BCUT2D eigenvalue weighted by molar-refractivity contribution is 5.89. The normalized spacial score (nSPS) is 14.7. The minimum absolute atomic E-state index is 0.175. The van der Waals surface area contributed by atoms with Crippen LogP contribution in [0.15, 0.2) is 18.2 Å². The van der Waals surface area contributed by atoms with Gasteiger partial charge in [0.1, 0.15) is 0 Å². The van der Waals surface area contributed by atoms with Crippen molar-refractivity contribution in [3.8, 4) is 0 Å². The average molecular weight is 306 g/mol. The highest BCUT2D eigenvalue weighted by Gasteiger charge is 2.12. The maximum Gasteiger partial charge on any atom is 0.319 e. The third-order valence-electron chi connectivity index (χ3n) is 3.62. The Balaban J connectivity index is 1.69. The fourth-order valence-corrected chi connectivity index (χ4v) is 2.53. The van der Waals surface area contributed by atoms with Crippen LogP contribution in [0.5, 0.6) is 0 Å². The van der Waals surface area contributed by atoms with Gasteiger partial charge in [-0.15, -0.1) is 0 Å². The number of urea groups is 1. The van der Waals surface area contributed by atoms with Gasteiger partial charge in [-0.3, -0.25) is 0 Å². The van der Waals surface area contributed by atoms with Crippen LogP contribution in [0.3, 0.4) is 0 Å². The average Bonchev–Trinajstić information content (AvgIpc) is 2.92. The minimum Gasteiger partial charge on any atom is -0.389 e. The summed E-state index contributed by atoms with van der Waals surface area (Å²) in [5.74, 6) is 0.434. The van der Waals surface area contributed by atoms with Crippen molar-refractivity contribution in [1.82, 2.24) is 5.32 Å². The summed E-state index contributed by atoms with van der Waals surface area (Å²) < 4.78 is 5.34. The molecule has 1 aliphatic carbocycles. The van der Waals surface area contributed by atoms with Gasteiger partial charge < -0.3 is 20.5 Å². The van der Waals surface area contributed by atoms with Gasteiger partial charge in [-0.1, -0.05) is 19.9 Å². The van der Waals surface area contributed by atoms with Gasteiger partial charge in [-0.25, -0.2) is 4.79 Å². The molecule has 5 nitrogen and oxygen atoms in total. The molecule has 0 aromatic heterocycles. The SMILES string of the molecule is CC(C)COCC(O)CNC(=O)Nc1ccc2c(c1)CCC2. The Hall–Kier alpha value is -1.59. The molecule has 1 aliphatic rings. The highest BCUT2D eigenvalue weighted by atomic mass is 16.5. The molecule has 5 heteroatoms. The molecule has 1 unspecified atom stereocenters. The number of anilines is 1. The topological polar surface area (TPSA) is 70.6 Å². The van der Waals surface area contributed by atoms with E-state index in [1.54, 1.807) is 0 Å².